The molecule has 0 bridgehead atoms. The van der Waals surface area contributed by atoms with Crippen molar-refractivity contribution in [3.63, 3.8) is 0 Å². The van der Waals surface area contributed by atoms with Crippen LogP contribution >= 0.6 is 0 Å². The molecule has 0 saturated carbocycles. The maximum Gasteiger partial charge on any atom is 0.408 e. The summed E-state index contributed by atoms with van der Waals surface area (Å²) in [5.41, 5.74) is 6.13. The maximum atomic E-state index is 13.9. The zero-order valence-electron chi connectivity index (χ0n) is 22.1. The molecule has 0 radical (unpaired) electrons. The normalized spacial score (nSPS) is 13.0. The van der Waals surface area contributed by atoms with Crippen molar-refractivity contribution in [2.45, 2.75) is 97.9 Å². The molecule has 4 amide bonds. The van der Waals surface area contributed by atoms with Crippen LogP contribution in [0, 0.1) is 6.92 Å². The van der Waals surface area contributed by atoms with E-state index >= 15 is 0 Å². The third kappa shape index (κ3) is 10.4. The molecule has 0 heterocycles. The Hall–Kier alpha value is -3.10. The van der Waals surface area contributed by atoms with Gasteiger partial charge >= 0.3 is 6.09 Å². The Morgan fingerprint density at radius 1 is 1.06 bits per heavy atom. The summed E-state index contributed by atoms with van der Waals surface area (Å²) in [5.74, 6) is -1.67. The standard InChI is InChI=1S/C26H42N4O5/c1-8-9-12-15-30(22(23(32)28-17(2)3)19-14-11-10-13-18(19)4)24(33)20(16-21(27)31)29-25(34)35-26(5,6)7/h10-11,13-14,17,20,22H,8-9,12,15-16H2,1-7H3,(H2,27,31)(H,28,32)(H,29,34). The van der Waals surface area contributed by atoms with E-state index in [-0.39, 0.29) is 18.5 Å². The van der Waals surface area contributed by atoms with Gasteiger partial charge in [-0.3, -0.25) is 14.4 Å². The summed E-state index contributed by atoms with van der Waals surface area (Å²) in [6.07, 6.45) is 1.14. The summed E-state index contributed by atoms with van der Waals surface area (Å²) in [5, 5.41) is 5.40. The number of ether oxygens (including phenoxy) is 1. The van der Waals surface area contributed by atoms with Gasteiger partial charge in [0.2, 0.25) is 17.7 Å². The Morgan fingerprint density at radius 2 is 1.69 bits per heavy atom. The number of nitrogens with one attached hydrogen (secondary N) is 2. The maximum absolute atomic E-state index is 13.9. The molecule has 1 rings (SSSR count). The first-order valence-electron chi connectivity index (χ1n) is 12.2. The summed E-state index contributed by atoms with van der Waals surface area (Å²) in [4.78, 5) is 53.0. The summed E-state index contributed by atoms with van der Waals surface area (Å²) in [7, 11) is 0. The van der Waals surface area contributed by atoms with E-state index < -0.39 is 42.0 Å². The van der Waals surface area contributed by atoms with E-state index in [2.05, 4.69) is 10.6 Å². The van der Waals surface area contributed by atoms with Gasteiger partial charge in [-0.15, -0.1) is 0 Å². The van der Waals surface area contributed by atoms with Gasteiger partial charge in [-0.2, -0.15) is 0 Å². The fraction of sp³-hybridized carbons (Fsp3) is 0.615. The number of unbranched alkanes of at least 4 members (excludes halogenated alkanes) is 2. The van der Waals surface area contributed by atoms with Crippen LogP contribution in [0.5, 0.6) is 0 Å². The van der Waals surface area contributed by atoms with E-state index in [0.717, 1.165) is 18.4 Å². The van der Waals surface area contributed by atoms with Gasteiger partial charge < -0.3 is 26.0 Å². The highest BCUT2D eigenvalue weighted by Gasteiger charge is 2.37. The van der Waals surface area contributed by atoms with Crippen molar-refractivity contribution >= 4 is 23.8 Å². The predicted molar refractivity (Wildman–Crippen MR) is 135 cm³/mol. The molecule has 196 valence electrons. The van der Waals surface area contributed by atoms with E-state index in [1.165, 1.54) is 4.90 Å². The molecule has 0 spiro atoms. The Labute approximate surface area is 209 Å². The van der Waals surface area contributed by atoms with E-state index in [4.69, 9.17) is 10.5 Å². The molecule has 0 aromatic heterocycles. The number of carbonyl (C=O) groups is 4. The number of carbonyl (C=O) groups excluding carboxylic acids is 4. The number of hydrogen-bond acceptors (Lipinski definition) is 5. The number of hydrogen-bond donors (Lipinski definition) is 3. The van der Waals surface area contributed by atoms with E-state index in [9.17, 15) is 19.2 Å². The molecule has 2 atom stereocenters. The Balaban J connectivity index is 3.49. The monoisotopic (exact) mass is 490 g/mol. The number of aryl methyl sites for hydroxylation is 1. The number of nitrogens with two attached hydrogens (primary N) is 1. The van der Waals surface area contributed by atoms with Crippen LogP contribution in [0.1, 0.15) is 84.4 Å². The van der Waals surface area contributed by atoms with Gasteiger partial charge in [0, 0.05) is 12.6 Å². The zero-order valence-corrected chi connectivity index (χ0v) is 22.1. The third-order valence-corrected chi connectivity index (χ3v) is 5.15. The third-order valence-electron chi connectivity index (χ3n) is 5.15. The summed E-state index contributed by atoms with van der Waals surface area (Å²) >= 11 is 0. The largest absolute Gasteiger partial charge is 0.444 e. The fourth-order valence-corrected chi connectivity index (χ4v) is 3.66. The van der Waals surface area contributed by atoms with E-state index in [1.54, 1.807) is 20.8 Å². The first-order valence-corrected chi connectivity index (χ1v) is 12.2. The molecule has 9 nitrogen and oxygen atoms in total. The quantitative estimate of drug-likeness (QED) is 0.387. The number of amides is 4. The topological polar surface area (TPSA) is 131 Å². The van der Waals surface area contributed by atoms with E-state index in [1.807, 2.05) is 52.0 Å². The minimum atomic E-state index is -1.28. The molecule has 1 aromatic rings. The van der Waals surface area contributed by atoms with Gasteiger partial charge in [0.1, 0.15) is 17.7 Å². The number of alkyl carbamates (subject to hydrolysis) is 1. The lowest BCUT2D eigenvalue weighted by molar-refractivity contribution is -0.143. The zero-order chi connectivity index (χ0) is 26.8. The highest BCUT2D eigenvalue weighted by atomic mass is 16.6. The molecule has 0 fully saturated rings. The molecule has 0 saturated heterocycles. The lowest BCUT2D eigenvalue weighted by atomic mass is 9.97. The minimum absolute atomic E-state index is 0.150. The number of benzene rings is 1. The molecule has 4 N–H and O–H groups in total. The second-order valence-corrected chi connectivity index (χ2v) is 10.0. The van der Waals surface area contributed by atoms with Crippen LogP contribution in [-0.2, 0) is 19.1 Å². The fourth-order valence-electron chi connectivity index (χ4n) is 3.66. The van der Waals surface area contributed by atoms with Crippen molar-refractivity contribution in [1.82, 2.24) is 15.5 Å². The van der Waals surface area contributed by atoms with Crippen LogP contribution in [0.3, 0.4) is 0 Å². The second-order valence-electron chi connectivity index (χ2n) is 10.0. The van der Waals surface area contributed by atoms with Gasteiger partial charge in [0.15, 0.2) is 0 Å². The van der Waals surface area contributed by atoms with Crippen LogP contribution in [0.4, 0.5) is 4.79 Å². The van der Waals surface area contributed by atoms with Crippen molar-refractivity contribution in [1.29, 1.82) is 0 Å². The van der Waals surface area contributed by atoms with Crippen LogP contribution < -0.4 is 16.4 Å². The Kier molecular flexibility index (Phi) is 11.7. The van der Waals surface area contributed by atoms with Crippen LogP contribution in [0.2, 0.25) is 0 Å². The molecular formula is C26H42N4O5. The number of primary amides is 1. The SMILES string of the molecule is CCCCCN(C(=O)C(CC(N)=O)NC(=O)OC(C)(C)C)C(C(=O)NC(C)C)c1ccccc1C. The lowest BCUT2D eigenvalue weighted by Crippen LogP contribution is -2.54. The van der Waals surface area contributed by atoms with Crippen molar-refractivity contribution in [2.24, 2.45) is 5.73 Å². The molecule has 0 aliphatic carbocycles. The smallest absolute Gasteiger partial charge is 0.408 e. The molecular weight excluding hydrogens is 448 g/mol. The molecule has 35 heavy (non-hydrogen) atoms. The second kappa shape index (κ2) is 13.7. The van der Waals surface area contributed by atoms with Crippen LogP contribution in [0.25, 0.3) is 0 Å². The average molecular weight is 491 g/mol. The van der Waals surface area contributed by atoms with Gasteiger partial charge in [-0.25, -0.2) is 4.79 Å². The van der Waals surface area contributed by atoms with Crippen molar-refractivity contribution < 1.29 is 23.9 Å². The summed E-state index contributed by atoms with van der Waals surface area (Å²) < 4.78 is 5.29. The van der Waals surface area contributed by atoms with Crippen LogP contribution in [-0.4, -0.2) is 52.9 Å². The minimum Gasteiger partial charge on any atom is -0.444 e. The molecule has 1 aromatic carbocycles. The number of nitrogens with zero attached hydrogens (tertiary/aromatic N) is 1. The Bertz CT molecular complexity index is 879. The van der Waals surface area contributed by atoms with Crippen molar-refractivity contribution in [3.05, 3.63) is 35.4 Å². The van der Waals surface area contributed by atoms with Crippen molar-refractivity contribution in [2.75, 3.05) is 6.54 Å². The molecule has 0 aliphatic rings. The predicted octanol–water partition coefficient (Wildman–Crippen LogP) is 3.35. The lowest BCUT2D eigenvalue weighted by Gasteiger charge is -2.35. The molecule has 9 heteroatoms. The first-order chi connectivity index (χ1) is 16.3. The molecule has 2 unspecified atom stereocenters. The molecule has 0 aliphatic heterocycles. The summed E-state index contributed by atoms with van der Waals surface area (Å²) in [6, 6.07) is 4.99. The average Bonchev–Trinajstić information content (AvgIpc) is 2.71. The first kappa shape index (κ1) is 29.9. The van der Waals surface area contributed by atoms with Gasteiger partial charge in [-0.05, 0) is 59.1 Å². The Morgan fingerprint density at radius 3 is 2.20 bits per heavy atom. The summed E-state index contributed by atoms with van der Waals surface area (Å²) in [6.45, 7) is 12.9. The van der Waals surface area contributed by atoms with Gasteiger partial charge in [0.25, 0.3) is 0 Å². The highest BCUT2D eigenvalue weighted by Crippen LogP contribution is 2.26. The van der Waals surface area contributed by atoms with Crippen LogP contribution in [0.15, 0.2) is 24.3 Å². The number of rotatable bonds is 12. The van der Waals surface area contributed by atoms with Crippen molar-refractivity contribution in [3.8, 4) is 0 Å². The highest BCUT2D eigenvalue weighted by molar-refractivity contribution is 5.94. The van der Waals surface area contributed by atoms with E-state index in [0.29, 0.717) is 12.0 Å². The van der Waals surface area contributed by atoms with Gasteiger partial charge in [-0.1, -0.05) is 44.0 Å². The van der Waals surface area contributed by atoms with Gasteiger partial charge in [0.05, 0.1) is 6.42 Å².